The fourth-order valence-electron chi connectivity index (χ4n) is 2.20. The van der Waals surface area contributed by atoms with E-state index in [1.165, 1.54) is 0 Å². The Morgan fingerprint density at radius 3 is 2.45 bits per heavy atom. The van der Waals surface area contributed by atoms with E-state index in [-0.39, 0.29) is 12.1 Å². The Kier molecular flexibility index (Phi) is 5.15. The van der Waals surface area contributed by atoms with Crippen LogP contribution in [0.3, 0.4) is 0 Å². The third-order valence-electron chi connectivity index (χ3n) is 3.56. The molecular weight excluding hydrogens is 276 g/mol. The Bertz CT molecular complexity index is 522. The molecule has 1 fully saturated rings. The van der Waals surface area contributed by atoms with Gasteiger partial charge in [0.15, 0.2) is 0 Å². The Hall–Kier alpha value is -0.950. The molecule has 6 heteroatoms. The van der Waals surface area contributed by atoms with Gasteiger partial charge in [-0.2, -0.15) is 0 Å². The number of hydrogen-bond donors (Lipinski definition) is 2. The van der Waals surface area contributed by atoms with Crippen LogP contribution in [0.25, 0.3) is 0 Å². The van der Waals surface area contributed by atoms with E-state index < -0.39 is 10.0 Å². The van der Waals surface area contributed by atoms with Crippen LogP contribution in [0.2, 0.25) is 0 Å². The molecule has 0 aromatic heterocycles. The number of sulfonamides is 1. The van der Waals surface area contributed by atoms with Crippen molar-refractivity contribution in [3.05, 3.63) is 29.8 Å². The molecule has 0 heterocycles. The lowest BCUT2D eigenvalue weighted by molar-refractivity contribution is 0.0236. The zero-order valence-corrected chi connectivity index (χ0v) is 12.7. The summed E-state index contributed by atoms with van der Waals surface area (Å²) in [4.78, 5) is 0.318. The maximum Gasteiger partial charge on any atom is 0.240 e. The summed E-state index contributed by atoms with van der Waals surface area (Å²) < 4.78 is 32.2. The van der Waals surface area contributed by atoms with Crippen molar-refractivity contribution in [1.29, 1.82) is 0 Å². The first-order valence-electron chi connectivity index (χ1n) is 6.90. The van der Waals surface area contributed by atoms with Gasteiger partial charge in [0, 0.05) is 19.7 Å². The molecule has 2 rings (SSSR count). The van der Waals surface area contributed by atoms with E-state index in [0.717, 1.165) is 31.5 Å². The van der Waals surface area contributed by atoms with Crippen LogP contribution in [0.5, 0.6) is 0 Å². The molecule has 0 aliphatic heterocycles. The van der Waals surface area contributed by atoms with Crippen LogP contribution in [-0.2, 0) is 21.3 Å². The average molecular weight is 298 g/mol. The van der Waals surface area contributed by atoms with Gasteiger partial charge >= 0.3 is 0 Å². The maximum atomic E-state index is 12.2. The van der Waals surface area contributed by atoms with Crippen LogP contribution in [-0.4, -0.2) is 34.2 Å². The van der Waals surface area contributed by atoms with Gasteiger partial charge in [-0.15, -0.1) is 0 Å². The minimum absolute atomic E-state index is 0.00798. The summed E-state index contributed by atoms with van der Waals surface area (Å²) in [7, 11) is -1.76. The fourth-order valence-corrected chi connectivity index (χ4v) is 3.46. The summed E-state index contributed by atoms with van der Waals surface area (Å²) in [6, 6.07) is 6.99. The van der Waals surface area contributed by atoms with Crippen LogP contribution in [0.15, 0.2) is 29.2 Å². The van der Waals surface area contributed by atoms with E-state index in [1.807, 2.05) is 19.1 Å². The molecule has 0 bridgehead atoms. The number of nitrogens with one attached hydrogen (secondary N) is 2. The molecule has 1 saturated carbocycles. The van der Waals surface area contributed by atoms with Crippen molar-refractivity contribution in [2.45, 2.75) is 43.4 Å². The van der Waals surface area contributed by atoms with Crippen molar-refractivity contribution in [3.8, 4) is 0 Å². The van der Waals surface area contributed by atoms with Gasteiger partial charge in [-0.05, 0) is 37.1 Å². The second-order valence-electron chi connectivity index (χ2n) is 5.07. The van der Waals surface area contributed by atoms with Crippen molar-refractivity contribution in [2.24, 2.45) is 0 Å². The van der Waals surface area contributed by atoms with Gasteiger partial charge in [-0.3, -0.25) is 0 Å². The Morgan fingerprint density at radius 1 is 1.25 bits per heavy atom. The normalized spacial score (nSPS) is 22.5. The van der Waals surface area contributed by atoms with Crippen molar-refractivity contribution >= 4 is 10.0 Å². The first kappa shape index (κ1) is 15.4. The summed E-state index contributed by atoms with van der Waals surface area (Å²) in [5.41, 5.74) is 1.08. The van der Waals surface area contributed by atoms with E-state index in [2.05, 4.69) is 10.0 Å². The second-order valence-corrected chi connectivity index (χ2v) is 6.79. The van der Waals surface area contributed by atoms with Gasteiger partial charge in [0.05, 0.1) is 11.0 Å². The van der Waals surface area contributed by atoms with Crippen LogP contribution < -0.4 is 10.0 Å². The zero-order valence-electron chi connectivity index (χ0n) is 11.9. The molecule has 1 aliphatic carbocycles. The first-order valence-corrected chi connectivity index (χ1v) is 8.38. The zero-order chi connectivity index (χ0) is 14.6. The molecule has 1 aromatic rings. The molecule has 0 saturated heterocycles. The summed E-state index contributed by atoms with van der Waals surface area (Å²) in [6.07, 6.45) is 1.67. The van der Waals surface area contributed by atoms with Gasteiger partial charge in [-0.1, -0.05) is 19.1 Å². The largest absolute Gasteiger partial charge is 0.381 e. The lowest BCUT2D eigenvalue weighted by atomic mass is 9.90. The lowest BCUT2D eigenvalue weighted by Gasteiger charge is -2.34. The molecular formula is C14H22N2O3S. The molecule has 0 spiro atoms. The number of rotatable bonds is 7. The number of hydrogen-bond acceptors (Lipinski definition) is 4. The molecule has 0 atom stereocenters. The van der Waals surface area contributed by atoms with Gasteiger partial charge in [0.2, 0.25) is 10.0 Å². The van der Waals surface area contributed by atoms with Crippen LogP contribution in [0, 0.1) is 0 Å². The Labute approximate surface area is 120 Å². The number of benzene rings is 1. The third-order valence-corrected chi connectivity index (χ3v) is 5.10. The summed E-state index contributed by atoms with van der Waals surface area (Å²) in [6.45, 7) is 3.68. The monoisotopic (exact) mass is 298 g/mol. The van der Waals surface area contributed by atoms with E-state index in [4.69, 9.17) is 4.74 Å². The van der Waals surface area contributed by atoms with E-state index in [0.29, 0.717) is 4.90 Å². The third kappa shape index (κ3) is 3.79. The molecule has 0 amide bonds. The highest BCUT2D eigenvalue weighted by atomic mass is 32.2. The summed E-state index contributed by atoms with van der Waals surface area (Å²) in [5, 5.41) is 3.21. The second kappa shape index (κ2) is 6.67. The first-order chi connectivity index (χ1) is 9.55. The lowest BCUT2D eigenvalue weighted by Crippen LogP contribution is -2.47. The fraction of sp³-hybridized carbons (Fsp3) is 0.571. The molecule has 20 heavy (non-hydrogen) atoms. The standard InChI is InChI=1S/C14H22N2O3S/c1-3-15-10-11-4-6-14(7-5-11)20(17,18)16-12-8-13(9-12)19-2/h4-7,12-13,15-16H,3,8-10H2,1-2H3. The Morgan fingerprint density at radius 2 is 1.90 bits per heavy atom. The van der Waals surface area contributed by atoms with Crippen LogP contribution in [0.1, 0.15) is 25.3 Å². The summed E-state index contributed by atoms with van der Waals surface area (Å²) >= 11 is 0. The van der Waals surface area contributed by atoms with E-state index in [1.54, 1.807) is 19.2 Å². The molecule has 5 nitrogen and oxygen atoms in total. The minimum Gasteiger partial charge on any atom is -0.381 e. The van der Waals surface area contributed by atoms with Gasteiger partial charge in [0.1, 0.15) is 0 Å². The van der Waals surface area contributed by atoms with Gasteiger partial charge in [0.25, 0.3) is 0 Å². The number of methoxy groups -OCH3 is 1. The highest BCUT2D eigenvalue weighted by Gasteiger charge is 2.32. The topological polar surface area (TPSA) is 67.4 Å². The van der Waals surface area contributed by atoms with Crippen molar-refractivity contribution in [2.75, 3.05) is 13.7 Å². The molecule has 112 valence electrons. The predicted octanol–water partition coefficient (Wildman–Crippen LogP) is 1.25. The molecule has 2 N–H and O–H groups in total. The minimum atomic E-state index is -3.42. The van der Waals surface area contributed by atoms with Crippen LogP contribution >= 0.6 is 0 Å². The molecule has 0 unspecified atom stereocenters. The van der Waals surface area contributed by atoms with Crippen LogP contribution in [0.4, 0.5) is 0 Å². The number of ether oxygens (including phenoxy) is 1. The van der Waals surface area contributed by atoms with Crippen molar-refractivity contribution in [1.82, 2.24) is 10.0 Å². The highest BCUT2D eigenvalue weighted by Crippen LogP contribution is 2.24. The summed E-state index contributed by atoms with van der Waals surface area (Å²) in [5.74, 6) is 0. The van der Waals surface area contributed by atoms with E-state index >= 15 is 0 Å². The van der Waals surface area contributed by atoms with Gasteiger partial charge < -0.3 is 10.1 Å². The smallest absolute Gasteiger partial charge is 0.240 e. The quantitative estimate of drug-likeness (QED) is 0.795. The van der Waals surface area contributed by atoms with Crippen molar-refractivity contribution in [3.63, 3.8) is 0 Å². The SMILES string of the molecule is CCNCc1ccc(S(=O)(=O)NC2CC(OC)C2)cc1. The Balaban J connectivity index is 1.95. The molecule has 0 radical (unpaired) electrons. The maximum absolute atomic E-state index is 12.2. The predicted molar refractivity (Wildman–Crippen MR) is 78.0 cm³/mol. The average Bonchev–Trinajstić information content (AvgIpc) is 2.40. The van der Waals surface area contributed by atoms with Gasteiger partial charge in [-0.25, -0.2) is 13.1 Å². The molecule has 1 aromatic carbocycles. The van der Waals surface area contributed by atoms with Crippen molar-refractivity contribution < 1.29 is 13.2 Å². The highest BCUT2D eigenvalue weighted by molar-refractivity contribution is 7.89. The molecule has 1 aliphatic rings. The van der Waals surface area contributed by atoms with E-state index in [9.17, 15) is 8.42 Å².